The SMILES string of the molecule is CC(C)(CN)CS(=O)(=O)c1ccc2c(c1)CCO2. The fraction of sp³-hybridized carbons (Fsp3) is 0.538. The van der Waals surface area contributed by atoms with E-state index in [4.69, 9.17) is 10.5 Å². The predicted octanol–water partition coefficient (Wildman–Crippen LogP) is 1.38. The summed E-state index contributed by atoms with van der Waals surface area (Å²) in [6.07, 6.45) is 0.777. The molecule has 0 amide bonds. The number of hydrogen-bond donors (Lipinski definition) is 1. The van der Waals surface area contributed by atoms with E-state index in [9.17, 15) is 8.42 Å². The van der Waals surface area contributed by atoms with Crippen LogP contribution in [-0.4, -0.2) is 27.3 Å². The molecule has 0 fully saturated rings. The average molecular weight is 269 g/mol. The van der Waals surface area contributed by atoms with E-state index in [1.54, 1.807) is 18.2 Å². The fourth-order valence-corrected chi connectivity index (χ4v) is 3.92. The van der Waals surface area contributed by atoms with E-state index in [1.165, 1.54) is 0 Å². The lowest BCUT2D eigenvalue weighted by Gasteiger charge is -2.22. The third kappa shape index (κ3) is 2.67. The van der Waals surface area contributed by atoms with E-state index in [0.29, 0.717) is 18.0 Å². The second kappa shape index (κ2) is 4.55. The zero-order valence-corrected chi connectivity index (χ0v) is 11.6. The van der Waals surface area contributed by atoms with Crippen LogP contribution in [0.1, 0.15) is 19.4 Å². The van der Waals surface area contributed by atoms with Crippen LogP contribution in [0.25, 0.3) is 0 Å². The maximum atomic E-state index is 12.3. The van der Waals surface area contributed by atoms with Crippen molar-refractivity contribution in [2.45, 2.75) is 25.2 Å². The minimum absolute atomic E-state index is 0.0656. The van der Waals surface area contributed by atoms with Crippen molar-refractivity contribution < 1.29 is 13.2 Å². The molecule has 1 aliphatic rings. The van der Waals surface area contributed by atoms with Gasteiger partial charge in [-0.3, -0.25) is 0 Å². The molecule has 1 aromatic rings. The monoisotopic (exact) mass is 269 g/mol. The molecule has 18 heavy (non-hydrogen) atoms. The van der Waals surface area contributed by atoms with Gasteiger partial charge in [-0.25, -0.2) is 8.42 Å². The largest absolute Gasteiger partial charge is 0.493 e. The van der Waals surface area contributed by atoms with Gasteiger partial charge in [-0.1, -0.05) is 13.8 Å². The first-order chi connectivity index (χ1) is 8.34. The van der Waals surface area contributed by atoms with Crippen LogP contribution in [-0.2, 0) is 16.3 Å². The van der Waals surface area contributed by atoms with Gasteiger partial charge in [0.05, 0.1) is 17.3 Å². The highest BCUT2D eigenvalue weighted by Crippen LogP contribution is 2.29. The van der Waals surface area contributed by atoms with Crippen LogP contribution in [0, 0.1) is 5.41 Å². The molecule has 5 heteroatoms. The Kier molecular flexibility index (Phi) is 3.38. The van der Waals surface area contributed by atoms with E-state index >= 15 is 0 Å². The highest BCUT2D eigenvalue weighted by atomic mass is 32.2. The summed E-state index contributed by atoms with van der Waals surface area (Å²) in [7, 11) is -3.29. The van der Waals surface area contributed by atoms with Gasteiger partial charge in [0.15, 0.2) is 9.84 Å². The van der Waals surface area contributed by atoms with Crippen molar-refractivity contribution in [1.29, 1.82) is 0 Å². The highest BCUT2D eigenvalue weighted by molar-refractivity contribution is 7.91. The fourth-order valence-electron chi connectivity index (χ4n) is 2.01. The van der Waals surface area contributed by atoms with Crippen LogP contribution in [0.15, 0.2) is 23.1 Å². The van der Waals surface area contributed by atoms with E-state index in [0.717, 1.165) is 17.7 Å². The molecule has 0 bridgehead atoms. The second-order valence-electron chi connectivity index (χ2n) is 5.50. The van der Waals surface area contributed by atoms with Crippen LogP contribution in [0.3, 0.4) is 0 Å². The van der Waals surface area contributed by atoms with Crippen molar-refractivity contribution in [2.24, 2.45) is 11.1 Å². The molecule has 0 saturated heterocycles. The topological polar surface area (TPSA) is 69.4 Å². The molecular formula is C13H19NO3S. The lowest BCUT2D eigenvalue weighted by atomic mass is 9.97. The van der Waals surface area contributed by atoms with Crippen molar-refractivity contribution >= 4 is 9.84 Å². The Morgan fingerprint density at radius 1 is 1.39 bits per heavy atom. The third-order valence-electron chi connectivity index (χ3n) is 3.15. The van der Waals surface area contributed by atoms with Crippen LogP contribution >= 0.6 is 0 Å². The molecule has 100 valence electrons. The Labute approximate surface area is 108 Å². The molecule has 0 unspecified atom stereocenters. The first-order valence-electron chi connectivity index (χ1n) is 6.03. The molecule has 2 rings (SSSR count). The number of fused-ring (bicyclic) bond motifs is 1. The van der Waals surface area contributed by atoms with Gasteiger partial charge in [0, 0.05) is 6.42 Å². The van der Waals surface area contributed by atoms with Gasteiger partial charge in [0.1, 0.15) is 5.75 Å². The Hall–Kier alpha value is -1.07. The zero-order chi connectivity index (χ0) is 13.4. The maximum absolute atomic E-state index is 12.3. The third-order valence-corrected chi connectivity index (χ3v) is 5.29. The standard InChI is InChI=1S/C13H19NO3S/c1-13(2,8-14)9-18(15,16)11-3-4-12-10(7-11)5-6-17-12/h3-4,7H,5-6,8-9,14H2,1-2H3. The molecule has 0 atom stereocenters. The normalized spacial score (nSPS) is 15.3. The molecule has 0 saturated carbocycles. The van der Waals surface area contributed by atoms with E-state index < -0.39 is 15.3 Å². The first kappa shape index (κ1) is 13.4. The maximum Gasteiger partial charge on any atom is 0.178 e. The molecule has 0 radical (unpaired) electrons. The predicted molar refractivity (Wildman–Crippen MR) is 70.5 cm³/mol. The minimum atomic E-state index is -3.29. The quantitative estimate of drug-likeness (QED) is 0.896. The van der Waals surface area contributed by atoms with Gasteiger partial charge in [0.2, 0.25) is 0 Å². The Morgan fingerprint density at radius 2 is 2.11 bits per heavy atom. The summed E-state index contributed by atoms with van der Waals surface area (Å²) in [4.78, 5) is 0.369. The summed E-state index contributed by atoms with van der Waals surface area (Å²) in [6.45, 7) is 4.70. The molecule has 1 heterocycles. The van der Waals surface area contributed by atoms with E-state index in [-0.39, 0.29) is 5.75 Å². The minimum Gasteiger partial charge on any atom is -0.493 e. The molecule has 4 nitrogen and oxygen atoms in total. The van der Waals surface area contributed by atoms with Crippen molar-refractivity contribution in [3.05, 3.63) is 23.8 Å². The molecule has 0 spiro atoms. The number of nitrogens with two attached hydrogens (primary N) is 1. The zero-order valence-electron chi connectivity index (χ0n) is 10.8. The molecule has 0 aromatic heterocycles. The number of benzene rings is 1. The smallest absolute Gasteiger partial charge is 0.178 e. The number of rotatable bonds is 4. The Balaban J connectivity index is 2.31. The van der Waals surface area contributed by atoms with Crippen LogP contribution in [0.5, 0.6) is 5.75 Å². The van der Waals surface area contributed by atoms with Crippen molar-refractivity contribution in [3.63, 3.8) is 0 Å². The summed E-state index contributed by atoms with van der Waals surface area (Å²) in [5.41, 5.74) is 6.16. The van der Waals surface area contributed by atoms with Crippen LogP contribution in [0.2, 0.25) is 0 Å². The first-order valence-corrected chi connectivity index (χ1v) is 7.68. The summed E-state index contributed by atoms with van der Waals surface area (Å²) >= 11 is 0. The van der Waals surface area contributed by atoms with Gasteiger partial charge in [-0.15, -0.1) is 0 Å². The molecule has 0 aliphatic carbocycles. The summed E-state index contributed by atoms with van der Waals surface area (Å²) in [5.74, 6) is 0.864. The van der Waals surface area contributed by atoms with Gasteiger partial charge >= 0.3 is 0 Å². The second-order valence-corrected chi connectivity index (χ2v) is 7.48. The van der Waals surface area contributed by atoms with Gasteiger partial charge in [0.25, 0.3) is 0 Å². The lowest BCUT2D eigenvalue weighted by Crippen LogP contribution is -2.31. The molecule has 1 aliphatic heterocycles. The van der Waals surface area contributed by atoms with Gasteiger partial charge < -0.3 is 10.5 Å². The van der Waals surface area contributed by atoms with Crippen molar-refractivity contribution in [3.8, 4) is 5.75 Å². The Bertz CT molecular complexity index is 549. The van der Waals surface area contributed by atoms with E-state index in [2.05, 4.69) is 0 Å². The molecule has 2 N–H and O–H groups in total. The molecular weight excluding hydrogens is 250 g/mol. The van der Waals surface area contributed by atoms with Crippen molar-refractivity contribution in [2.75, 3.05) is 18.9 Å². The molecule has 1 aromatic carbocycles. The van der Waals surface area contributed by atoms with Crippen molar-refractivity contribution in [1.82, 2.24) is 0 Å². The number of ether oxygens (including phenoxy) is 1. The number of hydrogen-bond acceptors (Lipinski definition) is 4. The van der Waals surface area contributed by atoms with Gasteiger partial charge in [-0.05, 0) is 35.7 Å². The summed E-state index contributed by atoms with van der Waals surface area (Å²) in [6, 6.07) is 5.08. The van der Waals surface area contributed by atoms with Crippen LogP contribution in [0.4, 0.5) is 0 Å². The summed E-state index contributed by atoms with van der Waals surface area (Å²) in [5, 5.41) is 0. The van der Waals surface area contributed by atoms with Gasteiger partial charge in [-0.2, -0.15) is 0 Å². The Morgan fingerprint density at radius 3 is 2.78 bits per heavy atom. The number of sulfone groups is 1. The average Bonchev–Trinajstić information content (AvgIpc) is 2.74. The highest BCUT2D eigenvalue weighted by Gasteiger charge is 2.27. The lowest BCUT2D eigenvalue weighted by molar-refractivity contribution is 0.356. The van der Waals surface area contributed by atoms with Crippen LogP contribution < -0.4 is 10.5 Å². The summed E-state index contributed by atoms with van der Waals surface area (Å²) < 4.78 is 30.0. The van der Waals surface area contributed by atoms with E-state index in [1.807, 2.05) is 13.8 Å².